The molecule has 8 heteroatoms. The fourth-order valence-electron chi connectivity index (χ4n) is 3.08. The van der Waals surface area contributed by atoms with E-state index >= 15 is 0 Å². The van der Waals surface area contributed by atoms with Crippen LogP contribution in [-0.2, 0) is 22.6 Å². The third kappa shape index (κ3) is 6.19. The molecule has 2 amide bonds. The van der Waals surface area contributed by atoms with Gasteiger partial charge in [0.2, 0.25) is 5.91 Å². The second-order valence-electron chi connectivity index (χ2n) is 6.80. The highest BCUT2D eigenvalue weighted by atomic mass is 79.9. The SMILES string of the molecule is CC1CN(Cc2cccc(CNC(=O)CNC(=O)c3ccc(Br)o3)c2)CCO1. The van der Waals surface area contributed by atoms with Crippen molar-refractivity contribution in [3.8, 4) is 0 Å². The third-order valence-corrected chi connectivity index (χ3v) is 4.85. The molecule has 2 aromatic rings. The predicted octanol–water partition coefficient (Wildman–Crippen LogP) is 2.31. The smallest absolute Gasteiger partial charge is 0.287 e. The van der Waals surface area contributed by atoms with Gasteiger partial charge in [-0.1, -0.05) is 24.3 Å². The summed E-state index contributed by atoms with van der Waals surface area (Å²) in [5.74, 6) is -0.529. The summed E-state index contributed by atoms with van der Waals surface area (Å²) in [6, 6.07) is 11.3. The van der Waals surface area contributed by atoms with E-state index in [1.807, 2.05) is 12.1 Å². The molecule has 1 fully saturated rings. The van der Waals surface area contributed by atoms with Crippen LogP contribution in [0.25, 0.3) is 0 Å². The maximum atomic E-state index is 12.0. The Balaban J connectivity index is 1.43. The van der Waals surface area contributed by atoms with Gasteiger partial charge in [-0.2, -0.15) is 0 Å². The van der Waals surface area contributed by atoms with Crippen molar-refractivity contribution in [2.75, 3.05) is 26.2 Å². The van der Waals surface area contributed by atoms with E-state index in [1.165, 1.54) is 11.6 Å². The van der Waals surface area contributed by atoms with Crippen LogP contribution in [0.1, 0.15) is 28.6 Å². The monoisotopic (exact) mass is 449 g/mol. The van der Waals surface area contributed by atoms with E-state index in [1.54, 1.807) is 6.07 Å². The Morgan fingerprint density at radius 2 is 2.04 bits per heavy atom. The number of carbonyl (C=O) groups is 2. The number of hydrogen-bond acceptors (Lipinski definition) is 5. The Labute approximate surface area is 172 Å². The number of benzene rings is 1. The summed E-state index contributed by atoms with van der Waals surface area (Å²) in [4.78, 5) is 26.3. The lowest BCUT2D eigenvalue weighted by atomic mass is 10.1. The molecule has 1 saturated heterocycles. The van der Waals surface area contributed by atoms with Gasteiger partial charge >= 0.3 is 0 Å². The van der Waals surface area contributed by atoms with E-state index in [2.05, 4.69) is 50.5 Å². The normalized spacial score (nSPS) is 17.3. The zero-order chi connectivity index (χ0) is 19.9. The molecule has 1 aliphatic heterocycles. The number of rotatable bonds is 7. The molecule has 2 N–H and O–H groups in total. The quantitative estimate of drug-likeness (QED) is 0.677. The molecule has 1 aromatic heterocycles. The Morgan fingerprint density at radius 3 is 2.79 bits per heavy atom. The Kier molecular flexibility index (Phi) is 7.24. The van der Waals surface area contributed by atoms with Crippen molar-refractivity contribution in [1.29, 1.82) is 0 Å². The van der Waals surface area contributed by atoms with E-state index in [-0.39, 0.29) is 24.3 Å². The van der Waals surface area contributed by atoms with E-state index in [4.69, 9.17) is 9.15 Å². The molecule has 7 nitrogen and oxygen atoms in total. The molecule has 0 aliphatic carbocycles. The van der Waals surface area contributed by atoms with Gasteiger partial charge in [0, 0.05) is 26.2 Å². The van der Waals surface area contributed by atoms with Gasteiger partial charge in [-0.3, -0.25) is 14.5 Å². The van der Waals surface area contributed by atoms with Crippen LogP contribution in [0.3, 0.4) is 0 Å². The highest BCUT2D eigenvalue weighted by Gasteiger charge is 2.16. The Hall–Kier alpha value is -2.16. The van der Waals surface area contributed by atoms with Gasteiger partial charge in [-0.05, 0) is 46.1 Å². The minimum absolute atomic E-state index is 0.109. The molecule has 1 aromatic carbocycles. The van der Waals surface area contributed by atoms with Gasteiger partial charge in [-0.25, -0.2) is 0 Å². The Morgan fingerprint density at radius 1 is 1.21 bits per heavy atom. The number of nitrogens with one attached hydrogen (secondary N) is 2. The first-order valence-corrected chi connectivity index (χ1v) is 10.0. The first-order chi connectivity index (χ1) is 13.5. The van der Waals surface area contributed by atoms with Crippen molar-refractivity contribution in [3.63, 3.8) is 0 Å². The number of carbonyl (C=O) groups excluding carboxylic acids is 2. The molecule has 1 aliphatic rings. The minimum atomic E-state index is -0.428. The molecule has 0 spiro atoms. The van der Waals surface area contributed by atoms with Gasteiger partial charge < -0.3 is 19.8 Å². The standard InChI is InChI=1S/C20H24BrN3O4/c1-14-12-24(7-8-27-14)13-16-4-2-3-15(9-16)10-22-19(25)11-23-20(26)17-5-6-18(21)28-17/h2-6,9,14H,7-8,10-13H2,1H3,(H,22,25)(H,23,26). The molecule has 0 saturated carbocycles. The van der Waals surface area contributed by atoms with Crippen LogP contribution in [0.2, 0.25) is 0 Å². The molecule has 3 rings (SSSR count). The lowest BCUT2D eigenvalue weighted by Gasteiger charge is -2.31. The number of hydrogen-bond donors (Lipinski definition) is 2. The summed E-state index contributed by atoms with van der Waals surface area (Å²) < 4.78 is 11.2. The highest BCUT2D eigenvalue weighted by molar-refractivity contribution is 9.10. The summed E-state index contributed by atoms with van der Waals surface area (Å²) in [5.41, 5.74) is 2.23. The second-order valence-corrected chi connectivity index (χ2v) is 7.58. The molecule has 2 heterocycles. The van der Waals surface area contributed by atoms with Crippen LogP contribution >= 0.6 is 15.9 Å². The summed E-state index contributed by atoms with van der Waals surface area (Å²) in [6.45, 7) is 5.87. The van der Waals surface area contributed by atoms with Crippen molar-refractivity contribution < 1.29 is 18.7 Å². The molecular formula is C20H24BrN3O4. The topological polar surface area (TPSA) is 83.8 Å². The average molecular weight is 450 g/mol. The number of amides is 2. The molecular weight excluding hydrogens is 426 g/mol. The number of ether oxygens (including phenoxy) is 1. The van der Waals surface area contributed by atoms with Crippen molar-refractivity contribution >= 4 is 27.7 Å². The number of morpholine rings is 1. The zero-order valence-electron chi connectivity index (χ0n) is 15.7. The zero-order valence-corrected chi connectivity index (χ0v) is 17.3. The highest BCUT2D eigenvalue weighted by Crippen LogP contribution is 2.14. The van der Waals surface area contributed by atoms with Gasteiger partial charge in [0.15, 0.2) is 10.4 Å². The molecule has 1 atom stereocenters. The van der Waals surface area contributed by atoms with Crippen LogP contribution in [-0.4, -0.2) is 49.1 Å². The lowest BCUT2D eigenvalue weighted by molar-refractivity contribution is -0.120. The minimum Gasteiger partial charge on any atom is -0.444 e. The molecule has 28 heavy (non-hydrogen) atoms. The van der Waals surface area contributed by atoms with E-state index in [9.17, 15) is 9.59 Å². The molecule has 0 bridgehead atoms. The molecule has 1 unspecified atom stereocenters. The first kappa shape index (κ1) is 20.6. The maximum absolute atomic E-state index is 12.0. The van der Waals surface area contributed by atoms with Crippen molar-refractivity contribution in [2.45, 2.75) is 26.1 Å². The van der Waals surface area contributed by atoms with Gasteiger partial charge in [0.25, 0.3) is 5.91 Å². The number of halogens is 1. The lowest BCUT2D eigenvalue weighted by Crippen LogP contribution is -2.40. The summed E-state index contributed by atoms with van der Waals surface area (Å²) in [5, 5.41) is 5.36. The fourth-order valence-corrected chi connectivity index (χ4v) is 3.38. The summed E-state index contributed by atoms with van der Waals surface area (Å²) in [6.07, 6.45) is 0.258. The van der Waals surface area contributed by atoms with Gasteiger partial charge in [-0.15, -0.1) is 0 Å². The van der Waals surface area contributed by atoms with Crippen LogP contribution in [0.4, 0.5) is 0 Å². The van der Waals surface area contributed by atoms with E-state index in [0.717, 1.165) is 31.8 Å². The van der Waals surface area contributed by atoms with Gasteiger partial charge in [0.05, 0.1) is 19.3 Å². The number of furan rings is 1. The second kappa shape index (κ2) is 9.86. The van der Waals surface area contributed by atoms with E-state index < -0.39 is 5.91 Å². The summed E-state index contributed by atoms with van der Waals surface area (Å²) in [7, 11) is 0. The van der Waals surface area contributed by atoms with Crippen molar-refractivity contribution in [2.24, 2.45) is 0 Å². The average Bonchev–Trinajstić information content (AvgIpc) is 3.11. The van der Waals surface area contributed by atoms with Crippen molar-refractivity contribution in [1.82, 2.24) is 15.5 Å². The predicted molar refractivity (Wildman–Crippen MR) is 108 cm³/mol. The largest absolute Gasteiger partial charge is 0.444 e. The fraction of sp³-hybridized carbons (Fsp3) is 0.400. The Bertz CT molecular complexity index is 823. The van der Waals surface area contributed by atoms with Crippen LogP contribution in [0.15, 0.2) is 45.5 Å². The van der Waals surface area contributed by atoms with Crippen molar-refractivity contribution in [3.05, 3.63) is 58.0 Å². The molecule has 150 valence electrons. The number of nitrogens with zero attached hydrogens (tertiary/aromatic N) is 1. The van der Waals surface area contributed by atoms with Crippen LogP contribution in [0, 0.1) is 0 Å². The van der Waals surface area contributed by atoms with Crippen LogP contribution in [0.5, 0.6) is 0 Å². The molecule has 0 radical (unpaired) electrons. The van der Waals surface area contributed by atoms with Crippen LogP contribution < -0.4 is 10.6 Å². The first-order valence-electron chi connectivity index (χ1n) is 9.21. The summed E-state index contributed by atoms with van der Waals surface area (Å²) >= 11 is 3.14. The maximum Gasteiger partial charge on any atom is 0.287 e. The van der Waals surface area contributed by atoms with E-state index in [0.29, 0.717) is 11.2 Å². The third-order valence-electron chi connectivity index (χ3n) is 4.42. The van der Waals surface area contributed by atoms with Gasteiger partial charge in [0.1, 0.15) is 0 Å².